The second-order valence-corrected chi connectivity index (χ2v) is 6.90. The number of hydrogen-bond acceptors (Lipinski definition) is 3. The molecule has 0 unspecified atom stereocenters. The largest absolute Gasteiger partial charge is 0.496 e. The van der Waals surface area contributed by atoms with Gasteiger partial charge in [0.2, 0.25) is 0 Å². The highest BCUT2D eigenvalue weighted by Gasteiger charge is 2.20. The van der Waals surface area contributed by atoms with Crippen LogP contribution in [-0.4, -0.2) is 21.9 Å². The Kier molecular flexibility index (Phi) is 4.21. The maximum Gasteiger partial charge on any atom is 0.123 e. The van der Waals surface area contributed by atoms with E-state index in [4.69, 9.17) is 4.74 Å². The van der Waals surface area contributed by atoms with Crippen LogP contribution in [0.2, 0.25) is 0 Å². The summed E-state index contributed by atoms with van der Waals surface area (Å²) >= 11 is 0. The monoisotopic (exact) mass is 383 g/mol. The molecule has 0 bridgehead atoms. The van der Waals surface area contributed by atoms with Crippen molar-refractivity contribution in [3.63, 3.8) is 0 Å². The zero-order chi connectivity index (χ0) is 19.8. The molecule has 0 atom stereocenters. The van der Waals surface area contributed by atoms with E-state index < -0.39 is 0 Å². The second kappa shape index (κ2) is 7.02. The van der Waals surface area contributed by atoms with Crippen LogP contribution in [0.25, 0.3) is 33.4 Å². The van der Waals surface area contributed by atoms with Crippen molar-refractivity contribution in [2.45, 2.75) is 6.54 Å². The summed E-state index contributed by atoms with van der Waals surface area (Å²) in [5, 5.41) is 9.89. The summed E-state index contributed by atoms with van der Waals surface area (Å²) in [6, 6.07) is 22.5. The van der Waals surface area contributed by atoms with Gasteiger partial charge in [0.25, 0.3) is 0 Å². The fourth-order valence-electron chi connectivity index (χ4n) is 3.76. The number of para-hydroxylation sites is 2. The van der Waals surface area contributed by atoms with Crippen molar-refractivity contribution in [3.05, 3.63) is 90.4 Å². The lowest BCUT2D eigenvalue weighted by molar-refractivity contribution is 0.408. The van der Waals surface area contributed by atoms with Gasteiger partial charge in [-0.15, -0.1) is 10.2 Å². The lowest BCUT2D eigenvalue weighted by Gasteiger charge is -2.16. The van der Waals surface area contributed by atoms with Crippen molar-refractivity contribution in [2.24, 2.45) is 0 Å². The summed E-state index contributed by atoms with van der Waals surface area (Å²) in [5.74, 6) is 0.580. The fourth-order valence-corrected chi connectivity index (χ4v) is 3.76. The van der Waals surface area contributed by atoms with Gasteiger partial charge >= 0.3 is 0 Å². The van der Waals surface area contributed by atoms with Gasteiger partial charge in [0.15, 0.2) is 0 Å². The van der Waals surface area contributed by atoms with Crippen molar-refractivity contribution < 1.29 is 9.13 Å². The number of halogens is 1. The summed E-state index contributed by atoms with van der Waals surface area (Å²) in [4.78, 5) is 0. The van der Waals surface area contributed by atoms with Gasteiger partial charge in [0.1, 0.15) is 23.0 Å². The molecule has 3 aromatic rings. The van der Waals surface area contributed by atoms with E-state index in [1.54, 1.807) is 19.2 Å². The molecule has 0 amide bonds. The van der Waals surface area contributed by atoms with E-state index in [1.807, 2.05) is 30.3 Å². The molecule has 2 heterocycles. The van der Waals surface area contributed by atoms with Gasteiger partial charge in [-0.3, -0.25) is 0 Å². The minimum Gasteiger partial charge on any atom is -0.496 e. The molecule has 0 N–H and O–H groups in total. The highest BCUT2D eigenvalue weighted by molar-refractivity contribution is 5.98. The summed E-state index contributed by atoms with van der Waals surface area (Å²) < 4.78 is 21.1. The third-order valence-corrected chi connectivity index (χ3v) is 5.16. The summed E-state index contributed by atoms with van der Waals surface area (Å²) in [5.41, 5.74) is 5.52. The van der Waals surface area contributed by atoms with Gasteiger partial charge in [0, 0.05) is 28.3 Å². The average Bonchev–Trinajstić information content (AvgIpc) is 3.19. The molecule has 5 heteroatoms. The number of nitrogens with zero attached hydrogens (tertiary/aromatic N) is 3. The van der Waals surface area contributed by atoms with Gasteiger partial charge in [-0.1, -0.05) is 36.4 Å². The molecule has 0 saturated heterocycles. The molecule has 0 spiro atoms. The molecule has 5 rings (SSSR count). The Morgan fingerprint density at radius 3 is 2.41 bits per heavy atom. The molecule has 29 heavy (non-hydrogen) atoms. The second-order valence-electron chi connectivity index (χ2n) is 6.90. The molecule has 2 aliphatic rings. The van der Waals surface area contributed by atoms with Crippen LogP contribution in [0.3, 0.4) is 0 Å². The normalized spacial score (nSPS) is 11.2. The van der Waals surface area contributed by atoms with Crippen molar-refractivity contribution in [1.82, 2.24) is 14.8 Å². The average molecular weight is 383 g/mol. The quantitative estimate of drug-likeness (QED) is 0.417. The van der Waals surface area contributed by atoms with E-state index in [9.17, 15) is 4.39 Å². The number of pyridine rings is 1. The molecule has 4 nitrogen and oxygen atoms in total. The molecule has 3 aromatic carbocycles. The zero-order valence-electron chi connectivity index (χ0n) is 15.8. The van der Waals surface area contributed by atoms with Crippen LogP contribution in [0, 0.1) is 5.82 Å². The molecular formula is C24H18FN3O. The molecule has 0 aromatic heterocycles. The van der Waals surface area contributed by atoms with Crippen molar-refractivity contribution >= 4 is 10.9 Å². The number of ether oxygens (including phenoxy) is 1. The van der Waals surface area contributed by atoms with Crippen LogP contribution in [0.1, 0.15) is 5.56 Å². The van der Waals surface area contributed by atoms with Crippen molar-refractivity contribution in [2.75, 3.05) is 7.11 Å². The van der Waals surface area contributed by atoms with E-state index >= 15 is 0 Å². The zero-order valence-corrected chi connectivity index (χ0v) is 15.8. The van der Waals surface area contributed by atoms with Gasteiger partial charge in [-0.2, -0.15) is 0 Å². The molecule has 0 radical (unpaired) electrons. The number of methoxy groups -OCH3 is 1. The van der Waals surface area contributed by atoms with Gasteiger partial charge in [-0.05, 0) is 36.4 Å². The Bertz CT molecular complexity index is 1280. The van der Waals surface area contributed by atoms with Crippen molar-refractivity contribution in [3.8, 4) is 28.3 Å². The molecule has 0 fully saturated rings. The molecular weight excluding hydrogens is 365 g/mol. The van der Waals surface area contributed by atoms with Crippen LogP contribution in [0.4, 0.5) is 4.39 Å². The smallest absolute Gasteiger partial charge is 0.123 e. The fraction of sp³-hybridized carbons (Fsp3) is 0.0833. The Labute approximate surface area is 167 Å². The standard InChI is InChI=1S/C24H18FN3O/c1-29-22-9-5-2-6-17(22)14-28-15-20-23(16-10-12-18(25)13-11-16)26-27-24(20)19-7-3-4-8-21(19)28/h2-13,15H,14H2,1H3. The van der Waals surface area contributed by atoms with Crippen LogP contribution in [0.5, 0.6) is 5.75 Å². The van der Waals surface area contributed by atoms with Crippen LogP contribution >= 0.6 is 0 Å². The third-order valence-electron chi connectivity index (χ3n) is 5.16. The van der Waals surface area contributed by atoms with Crippen LogP contribution < -0.4 is 4.74 Å². The third kappa shape index (κ3) is 3.01. The minimum absolute atomic E-state index is 0.269. The first-order valence-electron chi connectivity index (χ1n) is 9.36. The predicted molar refractivity (Wildman–Crippen MR) is 112 cm³/mol. The number of fused-ring (bicyclic) bond motifs is 3. The Hall–Kier alpha value is -3.73. The van der Waals surface area contributed by atoms with E-state index in [0.29, 0.717) is 6.54 Å². The van der Waals surface area contributed by atoms with Gasteiger partial charge in [0.05, 0.1) is 19.2 Å². The van der Waals surface area contributed by atoms with Crippen molar-refractivity contribution in [1.29, 1.82) is 0 Å². The highest BCUT2D eigenvalue weighted by atomic mass is 19.1. The Morgan fingerprint density at radius 2 is 1.59 bits per heavy atom. The Morgan fingerprint density at radius 1 is 0.862 bits per heavy atom. The first-order chi connectivity index (χ1) is 14.2. The number of aromatic nitrogens is 3. The number of hydrogen-bond donors (Lipinski definition) is 0. The van der Waals surface area contributed by atoms with Gasteiger partial charge in [-0.25, -0.2) is 4.39 Å². The molecule has 142 valence electrons. The lowest BCUT2D eigenvalue weighted by Crippen LogP contribution is -2.05. The SMILES string of the molecule is COc1ccccc1Cn1cc2c(-c3ccc(F)cc3)nnc-2c2ccccc21. The maximum absolute atomic E-state index is 13.4. The Balaban J connectivity index is 1.72. The van der Waals surface area contributed by atoms with Crippen LogP contribution in [-0.2, 0) is 6.54 Å². The summed E-state index contributed by atoms with van der Waals surface area (Å²) in [6.07, 6.45) is 2.07. The first kappa shape index (κ1) is 17.4. The lowest BCUT2D eigenvalue weighted by atomic mass is 10.0. The number of benzene rings is 3. The highest BCUT2D eigenvalue weighted by Crippen LogP contribution is 2.37. The van der Waals surface area contributed by atoms with Crippen LogP contribution in [0.15, 0.2) is 79.0 Å². The van der Waals surface area contributed by atoms with Gasteiger partial charge < -0.3 is 9.30 Å². The number of rotatable bonds is 4. The maximum atomic E-state index is 13.4. The van der Waals surface area contributed by atoms with E-state index in [1.165, 1.54) is 12.1 Å². The summed E-state index contributed by atoms with van der Waals surface area (Å²) in [6.45, 7) is 0.647. The molecule has 0 saturated carbocycles. The first-order valence-corrected chi connectivity index (χ1v) is 9.36. The molecule has 2 aliphatic heterocycles. The van der Waals surface area contributed by atoms with E-state index in [2.05, 4.69) is 39.2 Å². The molecule has 0 aliphatic carbocycles. The summed E-state index contributed by atoms with van der Waals surface area (Å²) in [7, 11) is 1.68. The predicted octanol–water partition coefficient (Wildman–Crippen LogP) is 5.40. The topological polar surface area (TPSA) is 39.9 Å². The minimum atomic E-state index is -0.269. The van der Waals surface area contributed by atoms with E-state index in [0.717, 1.165) is 44.7 Å². The van der Waals surface area contributed by atoms with E-state index in [-0.39, 0.29) is 5.82 Å².